The van der Waals surface area contributed by atoms with Gasteiger partial charge in [-0.1, -0.05) is 0 Å². The second kappa shape index (κ2) is 9.86. The van der Waals surface area contributed by atoms with E-state index in [4.69, 9.17) is 15.0 Å². The summed E-state index contributed by atoms with van der Waals surface area (Å²) in [5.41, 5.74) is 4.79. The van der Waals surface area contributed by atoms with Gasteiger partial charge in [0, 0.05) is 6.20 Å². The van der Waals surface area contributed by atoms with E-state index in [0.717, 1.165) is 11.8 Å². The second-order valence-electron chi connectivity index (χ2n) is 6.54. The molecule has 0 saturated carbocycles. The lowest BCUT2D eigenvalue weighted by atomic mass is 10.1. The quantitative estimate of drug-likeness (QED) is 0.306. The van der Waals surface area contributed by atoms with Crippen molar-refractivity contribution >= 4 is 31.7 Å². The Bertz CT molecular complexity index is 777. The Balaban J connectivity index is 1.91. The predicted octanol–water partition coefficient (Wildman–Crippen LogP) is -0.503. The molecule has 0 aliphatic carbocycles. The van der Waals surface area contributed by atoms with Crippen LogP contribution in [0.15, 0.2) is 17.1 Å². The number of ether oxygens (including phenoxy) is 1. The molecule has 0 aromatic carbocycles. The maximum Gasteiger partial charge on any atom is 0.350 e. The number of hydrogen-bond donors (Lipinski definition) is 4. The molecule has 0 bridgehead atoms. The van der Waals surface area contributed by atoms with Crippen LogP contribution in [0.1, 0.15) is 26.1 Å². The van der Waals surface area contributed by atoms with Crippen molar-refractivity contribution in [3.05, 3.63) is 22.7 Å². The molecule has 2 heterocycles. The third-order valence-electron chi connectivity index (χ3n) is 3.88. The van der Waals surface area contributed by atoms with Crippen LogP contribution in [-0.2, 0) is 18.6 Å². The van der Waals surface area contributed by atoms with E-state index in [2.05, 4.69) is 10.1 Å². The molecule has 1 aliphatic rings. The number of nitrogen functional groups attached to an aromatic ring is 1. The Morgan fingerprint density at radius 1 is 1.43 bits per heavy atom. The normalized spacial score (nSPS) is 26.9. The minimum atomic E-state index is -2.80. The van der Waals surface area contributed by atoms with Crippen LogP contribution >= 0.6 is 19.9 Å². The maximum absolute atomic E-state index is 12.0. The van der Waals surface area contributed by atoms with Gasteiger partial charge in [-0.25, -0.2) is 9.88 Å². The number of nitrogens with two attached hydrogens (primary N) is 1. The molecule has 11 nitrogen and oxygen atoms in total. The van der Waals surface area contributed by atoms with Crippen molar-refractivity contribution in [3.8, 4) is 0 Å². The summed E-state index contributed by atoms with van der Waals surface area (Å²) >= 11 is 1.09. The molecule has 0 amide bonds. The second-order valence-corrected chi connectivity index (χ2v) is 9.05. The summed E-state index contributed by atoms with van der Waals surface area (Å²) in [6, 6.07) is 0.582. The molecule has 5 N–H and O–H groups in total. The molecule has 13 heteroatoms. The Labute approximate surface area is 166 Å². The number of rotatable bonds is 8. The zero-order valence-corrected chi connectivity index (χ0v) is 17.5. The summed E-state index contributed by atoms with van der Waals surface area (Å²) in [6.45, 7) is 4.74. The van der Waals surface area contributed by atoms with Crippen molar-refractivity contribution in [2.75, 3.05) is 12.3 Å². The van der Waals surface area contributed by atoms with Gasteiger partial charge in [0.25, 0.3) is 8.18 Å². The molecule has 28 heavy (non-hydrogen) atoms. The Kier molecular flexibility index (Phi) is 8.05. The molecule has 1 aliphatic heterocycles. The van der Waals surface area contributed by atoms with E-state index in [1.807, 2.05) is 0 Å². The lowest BCUT2D eigenvalue weighted by Gasteiger charge is -2.17. The van der Waals surface area contributed by atoms with Gasteiger partial charge < -0.3 is 25.2 Å². The smallest absolute Gasteiger partial charge is 0.350 e. The largest absolute Gasteiger partial charge is 0.462 e. The van der Waals surface area contributed by atoms with E-state index >= 15 is 0 Å². The molecule has 1 unspecified atom stereocenters. The summed E-state index contributed by atoms with van der Waals surface area (Å²) < 4.78 is 23.4. The van der Waals surface area contributed by atoms with Crippen LogP contribution in [0.2, 0.25) is 0 Å². The van der Waals surface area contributed by atoms with Crippen LogP contribution in [-0.4, -0.2) is 61.9 Å². The van der Waals surface area contributed by atoms with Gasteiger partial charge in [-0.2, -0.15) is 4.98 Å². The van der Waals surface area contributed by atoms with Crippen LogP contribution in [0.5, 0.6) is 0 Å². The number of thioether (sulfide) groups is 1. The minimum Gasteiger partial charge on any atom is -0.462 e. The number of aliphatic hydroxyl groups excluding tert-OH is 2. The fourth-order valence-corrected chi connectivity index (χ4v) is 4.93. The average Bonchev–Trinajstić information content (AvgIpc) is 2.87. The molecule has 1 aromatic rings. The zero-order valence-electron chi connectivity index (χ0n) is 15.6. The van der Waals surface area contributed by atoms with Crippen molar-refractivity contribution in [2.45, 2.75) is 55.7 Å². The van der Waals surface area contributed by atoms with Gasteiger partial charge >= 0.3 is 11.7 Å². The SMILES string of the molecule is CC(C)OC(=O)[C@H](C)N[PH](=O)OC[C@H]1S[C@@H](n2ccc(N)nc2=O)[C@@H](O)[C@@H]1O. The highest BCUT2D eigenvalue weighted by molar-refractivity contribution is 8.00. The number of esters is 1. The van der Waals surface area contributed by atoms with Crippen molar-refractivity contribution in [3.63, 3.8) is 0 Å². The molecular weight excluding hydrogens is 411 g/mol. The molecule has 1 fully saturated rings. The molecule has 0 radical (unpaired) electrons. The van der Waals surface area contributed by atoms with E-state index < -0.39 is 48.7 Å². The van der Waals surface area contributed by atoms with Gasteiger partial charge in [-0.3, -0.25) is 13.9 Å². The zero-order chi connectivity index (χ0) is 21.0. The van der Waals surface area contributed by atoms with E-state index in [-0.39, 0.29) is 18.5 Å². The third kappa shape index (κ3) is 5.79. The van der Waals surface area contributed by atoms with Crippen LogP contribution in [0.25, 0.3) is 0 Å². The Morgan fingerprint density at radius 3 is 2.71 bits per heavy atom. The van der Waals surface area contributed by atoms with Crippen molar-refractivity contribution < 1.29 is 28.8 Å². The molecular formula is C15H25N4O7PS. The highest BCUT2D eigenvalue weighted by Gasteiger charge is 2.44. The minimum absolute atomic E-state index is 0.0500. The number of aromatic nitrogens is 2. The summed E-state index contributed by atoms with van der Waals surface area (Å²) in [4.78, 5) is 27.3. The van der Waals surface area contributed by atoms with Crippen molar-refractivity contribution in [1.82, 2.24) is 14.6 Å². The number of carbonyl (C=O) groups is 1. The standard InChI is InChI=1S/C15H25N4O7PS/c1-7(2)26-14(22)8(3)18-27(24)25-6-9-11(20)12(21)13(28-9)19-5-4-10(16)17-15(19)23/h4-5,7-9,11-13,20-21,27H,6H2,1-3H3,(H,18,24)(H2,16,17,23)/t8-,9+,11+,12-,13+/m0/s1. The highest BCUT2D eigenvalue weighted by atomic mass is 32.2. The molecule has 0 spiro atoms. The highest BCUT2D eigenvalue weighted by Crippen LogP contribution is 2.42. The lowest BCUT2D eigenvalue weighted by molar-refractivity contribution is -0.149. The van der Waals surface area contributed by atoms with Gasteiger partial charge in [0.05, 0.1) is 24.1 Å². The number of nitrogens with zero attached hydrogens (tertiary/aromatic N) is 2. The first-order chi connectivity index (χ1) is 13.1. The first-order valence-electron chi connectivity index (χ1n) is 8.60. The molecule has 1 saturated heterocycles. The monoisotopic (exact) mass is 436 g/mol. The van der Waals surface area contributed by atoms with Crippen LogP contribution in [0.4, 0.5) is 5.82 Å². The van der Waals surface area contributed by atoms with Gasteiger partial charge in [-0.15, -0.1) is 11.8 Å². The van der Waals surface area contributed by atoms with E-state index in [1.54, 1.807) is 13.8 Å². The fourth-order valence-electron chi connectivity index (χ4n) is 2.49. The lowest BCUT2D eigenvalue weighted by Crippen LogP contribution is -2.36. The number of nitrogens with one attached hydrogen (secondary N) is 1. The van der Waals surface area contributed by atoms with Crippen LogP contribution < -0.4 is 16.5 Å². The van der Waals surface area contributed by atoms with Crippen molar-refractivity contribution in [2.24, 2.45) is 0 Å². The van der Waals surface area contributed by atoms with E-state index in [0.29, 0.717) is 0 Å². The third-order valence-corrected chi connectivity index (χ3v) is 6.53. The summed E-state index contributed by atoms with van der Waals surface area (Å²) in [7, 11) is -2.80. The van der Waals surface area contributed by atoms with E-state index in [1.165, 1.54) is 23.8 Å². The van der Waals surface area contributed by atoms with Gasteiger partial charge in [-0.05, 0) is 26.8 Å². The van der Waals surface area contributed by atoms with Gasteiger partial charge in [0.15, 0.2) is 0 Å². The topological polar surface area (TPSA) is 166 Å². The Hall–Kier alpha value is -1.43. The number of carbonyl (C=O) groups excluding carboxylic acids is 1. The molecule has 6 atom stereocenters. The van der Waals surface area contributed by atoms with Crippen LogP contribution in [0, 0.1) is 0 Å². The first-order valence-corrected chi connectivity index (χ1v) is 10.9. The molecule has 1 aromatic heterocycles. The molecule has 2 rings (SSSR count). The van der Waals surface area contributed by atoms with Gasteiger partial charge in [0.1, 0.15) is 23.3 Å². The fraction of sp³-hybridized carbons (Fsp3) is 0.667. The number of hydrogen-bond acceptors (Lipinski definition) is 10. The number of anilines is 1. The summed E-state index contributed by atoms with van der Waals surface area (Å²) in [5, 5.41) is 21.5. The Morgan fingerprint density at radius 2 is 2.11 bits per heavy atom. The summed E-state index contributed by atoms with van der Waals surface area (Å²) in [6.07, 6.45) is -1.38. The average molecular weight is 436 g/mol. The van der Waals surface area contributed by atoms with Gasteiger partial charge in [0.2, 0.25) is 0 Å². The number of aliphatic hydroxyl groups is 2. The molecule has 158 valence electrons. The van der Waals surface area contributed by atoms with Crippen molar-refractivity contribution in [1.29, 1.82) is 0 Å². The predicted molar refractivity (Wildman–Crippen MR) is 104 cm³/mol. The maximum atomic E-state index is 12.0. The van der Waals surface area contributed by atoms with E-state index in [9.17, 15) is 24.4 Å². The van der Waals surface area contributed by atoms with Crippen LogP contribution in [0.3, 0.4) is 0 Å². The first kappa shape index (κ1) is 22.9. The summed E-state index contributed by atoms with van der Waals surface area (Å²) in [5.74, 6) is -0.508.